The van der Waals surface area contributed by atoms with Gasteiger partial charge < -0.3 is 39.2 Å². The van der Waals surface area contributed by atoms with Crippen LogP contribution in [0.15, 0.2) is 0 Å². The van der Waals surface area contributed by atoms with E-state index in [1.165, 1.54) is 0 Å². The average molecular weight is 194 g/mol. The van der Waals surface area contributed by atoms with Crippen molar-refractivity contribution >= 4 is 26.4 Å². The molecule has 0 saturated carbocycles. The van der Waals surface area contributed by atoms with E-state index in [1.54, 1.807) is 0 Å². The smallest absolute Gasteiger partial charge is 0.894 e. The van der Waals surface area contributed by atoms with Gasteiger partial charge in [-0.1, -0.05) is 0 Å². The third-order valence-corrected chi connectivity index (χ3v) is 0. The molecule has 0 rings (SSSR count). The van der Waals surface area contributed by atoms with Gasteiger partial charge in [-0.3, -0.25) is 0 Å². The molecule has 0 aromatic carbocycles. The van der Waals surface area contributed by atoms with Crippen molar-refractivity contribution in [1.82, 2.24) is 0 Å². The van der Waals surface area contributed by atoms with Crippen molar-refractivity contribution in [3.8, 4) is 0 Å². The topological polar surface area (TPSA) is 155 Å². The molecule has 9 heavy (non-hydrogen) atoms. The van der Waals surface area contributed by atoms with Crippen molar-refractivity contribution in [3.63, 3.8) is 0 Å². The molecule has 0 fully saturated rings. The molecule has 6 nitrogen and oxygen atoms in total. The monoisotopic (exact) mass is 194 g/mol. The Labute approximate surface area is 106 Å². The standard InChI is InChI=1S/Al.K.O4Si.2H2O/c;;1-5(2,3)4;;/h;;;2*1H2/q+3;+1;-4;;. The summed E-state index contributed by atoms with van der Waals surface area (Å²) in [5.41, 5.74) is 0. The predicted octanol–water partition coefficient (Wildman–Crippen LogP) is -10.2. The van der Waals surface area contributed by atoms with E-state index in [0.717, 1.165) is 0 Å². The molecule has 0 unspecified atom stereocenters. The van der Waals surface area contributed by atoms with E-state index in [-0.39, 0.29) is 79.7 Å². The number of hydrogen-bond donors (Lipinski definition) is 0. The Kier molecular flexibility index (Phi) is 43.2. The third kappa shape index (κ3) is 146. The summed E-state index contributed by atoms with van der Waals surface area (Å²) in [6.07, 6.45) is 0. The molecular weight excluding hydrogens is 190 g/mol. The summed E-state index contributed by atoms with van der Waals surface area (Å²) < 4.78 is 0. The molecule has 0 aliphatic heterocycles. The zero-order valence-electron chi connectivity index (χ0n) is 4.71. The van der Waals surface area contributed by atoms with Gasteiger partial charge in [-0.05, 0) is 0 Å². The number of hydrogen-bond acceptors (Lipinski definition) is 4. The second-order valence-corrected chi connectivity index (χ2v) is 1.50. The van der Waals surface area contributed by atoms with Crippen molar-refractivity contribution in [2.45, 2.75) is 0 Å². The average Bonchev–Trinajstić information content (AvgIpc) is 0.722. The van der Waals surface area contributed by atoms with Crippen LogP contribution in [-0.2, 0) is 0 Å². The van der Waals surface area contributed by atoms with Gasteiger partial charge in [0, 0.05) is 0 Å². The maximum atomic E-state index is 8.58. The van der Waals surface area contributed by atoms with Crippen molar-refractivity contribution in [3.05, 3.63) is 0 Å². The van der Waals surface area contributed by atoms with Gasteiger partial charge in [0.1, 0.15) is 0 Å². The van der Waals surface area contributed by atoms with Crippen LogP contribution in [0.4, 0.5) is 0 Å². The molecule has 0 heterocycles. The molecule has 0 aromatic rings. The van der Waals surface area contributed by atoms with Gasteiger partial charge in [0.25, 0.3) is 0 Å². The van der Waals surface area contributed by atoms with Crippen LogP contribution in [0.25, 0.3) is 0 Å². The normalized spacial score (nSPS) is 6.67. The second kappa shape index (κ2) is 12.8. The maximum absolute atomic E-state index is 8.58. The fourth-order valence-electron chi connectivity index (χ4n) is 0. The molecule has 0 bridgehead atoms. The minimum absolute atomic E-state index is 0. The summed E-state index contributed by atoms with van der Waals surface area (Å²) >= 11 is 0. The predicted molar refractivity (Wildman–Crippen MR) is 18.7 cm³/mol. The van der Waals surface area contributed by atoms with Gasteiger partial charge in [-0.25, -0.2) is 0 Å². The molecule has 4 N–H and O–H groups in total. The Bertz CT molecular complexity index is 28.5. The van der Waals surface area contributed by atoms with E-state index in [4.69, 9.17) is 19.2 Å². The van der Waals surface area contributed by atoms with Crippen LogP contribution in [0.3, 0.4) is 0 Å². The molecule has 0 saturated heterocycles. The zero-order chi connectivity index (χ0) is 4.50. The summed E-state index contributed by atoms with van der Waals surface area (Å²) in [6.45, 7) is 0. The van der Waals surface area contributed by atoms with E-state index >= 15 is 0 Å². The Morgan fingerprint density at radius 1 is 0.778 bits per heavy atom. The van der Waals surface area contributed by atoms with Crippen LogP contribution >= 0.6 is 0 Å². The van der Waals surface area contributed by atoms with Crippen LogP contribution in [0.2, 0.25) is 0 Å². The van der Waals surface area contributed by atoms with Gasteiger partial charge in [0.15, 0.2) is 0 Å². The maximum Gasteiger partial charge on any atom is 3.00 e. The van der Waals surface area contributed by atoms with E-state index in [2.05, 4.69) is 0 Å². The SMILES string of the molecule is O.O.[Al+3].[K+].[O-][Si]([O-])([O-])[O-]. The molecule has 48 valence electrons. The first-order chi connectivity index (χ1) is 2.00. The van der Waals surface area contributed by atoms with E-state index in [1.807, 2.05) is 0 Å². The van der Waals surface area contributed by atoms with E-state index in [0.29, 0.717) is 0 Å². The third-order valence-electron chi connectivity index (χ3n) is 0. The minimum Gasteiger partial charge on any atom is -0.894 e. The molecule has 0 amide bonds. The molecule has 0 radical (unpaired) electrons. The Morgan fingerprint density at radius 2 is 0.778 bits per heavy atom. The summed E-state index contributed by atoms with van der Waals surface area (Å²) in [6, 6.07) is 0. The van der Waals surface area contributed by atoms with Crippen LogP contribution in [0.1, 0.15) is 0 Å². The van der Waals surface area contributed by atoms with Crippen molar-refractivity contribution in [2.75, 3.05) is 0 Å². The summed E-state index contributed by atoms with van der Waals surface area (Å²) in [5, 5.41) is 0. The van der Waals surface area contributed by atoms with E-state index < -0.39 is 9.05 Å². The summed E-state index contributed by atoms with van der Waals surface area (Å²) in [4.78, 5) is 34.3. The van der Waals surface area contributed by atoms with Crippen LogP contribution in [-0.4, -0.2) is 37.4 Å². The minimum atomic E-state index is -5.61. The summed E-state index contributed by atoms with van der Waals surface area (Å²) in [7, 11) is -5.61. The largest absolute Gasteiger partial charge is 3.00 e. The number of rotatable bonds is 0. The first kappa shape index (κ1) is 30.4. The molecule has 0 aliphatic rings. The Balaban J connectivity index is -0.0000000133. The Hall–Kier alpha value is 2.15. The second-order valence-electron chi connectivity index (χ2n) is 0.500. The quantitative estimate of drug-likeness (QED) is 0.351. The Morgan fingerprint density at radius 3 is 0.778 bits per heavy atom. The first-order valence-corrected chi connectivity index (χ1v) is 2.45. The van der Waals surface area contributed by atoms with Crippen molar-refractivity contribution in [1.29, 1.82) is 0 Å². The molecular formula is H4AlKO6Si. The first-order valence-electron chi connectivity index (χ1n) is 0.816. The van der Waals surface area contributed by atoms with Gasteiger partial charge in [0.2, 0.25) is 0 Å². The van der Waals surface area contributed by atoms with Gasteiger partial charge in [-0.2, -0.15) is 0 Å². The van der Waals surface area contributed by atoms with Crippen LogP contribution in [0.5, 0.6) is 0 Å². The fraction of sp³-hybridized carbons (Fsp3) is 0. The zero-order valence-corrected chi connectivity index (χ0v) is 9.99. The molecule has 9 heteroatoms. The molecule has 0 aliphatic carbocycles. The molecule has 0 spiro atoms. The van der Waals surface area contributed by atoms with Gasteiger partial charge in [-0.15, -0.1) is 0 Å². The fourth-order valence-corrected chi connectivity index (χ4v) is 0. The van der Waals surface area contributed by atoms with Crippen molar-refractivity contribution in [2.24, 2.45) is 0 Å². The van der Waals surface area contributed by atoms with Gasteiger partial charge in [0.05, 0.1) is 0 Å². The van der Waals surface area contributed by atoms with Crippen molar-refractivity contribution < 1.29 is 81.5 Å². The van der Waals surface area contributed by atoms with Gasteiger partial charge >= 0.3 is 68.7 Å². The van der Waals surface area contributed by atoms with E-state index in [9.17, 15) is 0 Å². The molecule has 0 aromatic heterocycles. The van der Waals surface area contributed by atoms with Crippen LogP contribution in [0, 0.1) is 0 Å². The van der Waals surface area contributed by atoms with Crippen LogP contribution < -0.4 is 70.6 Å². The summed E-state index contributed by atoms with van der Waals surface area (Å²) in [5.74, 6) is 0. The molecule has 0 atom stereocenters.